The maximum Gasteiger partial charge on any atom is 0.0890 e. The van der Waals surface area contributed by atoms with Gasteiger partial charge in [-0.15, -0.1) is 0 Å². The second kappa shape index (κ2) is 2.46. The minimum Gasteiger partial charge on any atom is -0.294 e. The van der Waals surface area contributed by atoms with Gasteiger partial charge in [-0.1, -0.05) is 12.2 Å². The maximum atomic E-state index is 4.37. The number of hydrogen-bond donors (Lipinski definition) is 1. The van der Waals surface area contributed by atoms with Crippen molar-refractivity contribution in [1.29, 1.82) is 0 Å². The lowest BCUT2D eigenvalue weighted by molar-refractivity contribution is 0.586. The molecule has 0 bridgehead atoms. The minimum atomic E-state index is 0.812. The van der Waals surface area contributed by atoms with Gasteiger partial charge in [0.25, 0.3) is 0 Å². The molecule has 0 amide bonds. The molecule has 2 nitrogen and oxygen atoms in total. The van der Waals surface area contributed by atoms with Crippen LogP contribution in [0.15, 0.2) is 23.4 Å². The summed E-state index contributed by atoms with van der Waals surface area (Å²) in [6, 6.07) is 0. The van der Waals surface area contributed by atoms with Crippen molar-refractivity contribution in [2.45, 2.75) is 12.8 Å². The molecule has 0 aromatic rings. The monoisotopic (exact) mass is 135 g/mol. The van der Waals surface area contributed by atoms with Crippen molar-refractivity contribution in [2.75, 3.05) is 13.2 Å². The fourth-order valence-corrected chi connectivity index (χ4v) is 1.39. The number of hydrogen-bond acceptors (Lipinski definition) is 1. The molecule has 2 rings (SSSR count). The van der Waals surface area contributed by atoms with E-state index in [1.54, 1.807) is 0 Å². The molecule has 0 saturated heterocycles. The average molecular weight is 135 g/mol. The van der Waals surface area contributed by atoms with Gasteiger partial charge in [0, 0.05) is 18.7 Å². The van der Waals surface area contributed by atoms with E-state index in [9.17, 15) is 0 Å². The van der Waals surface area contributed by atoms with E-state index in [2.05, 4.69) is 22.8 Å². The van der Waals surface area contributed by atoms with Crippen LogP contribution in [0.3, 0.4) is 0 Å². The highest BCUT2D eigenvalue weighted by Gasteiger charge is 2.12. The Kier molecular flexibility index (Phi) is 1.47. The summed E-state index contributed by atoms with van der Waals surface area (Å²) in [5, 5.41) is 7.59. The SMILES string of the molecule is C1=CCC2=C(C1)CNC[N]2. The van der Waals surface area contributed by atoms with E-state index in [0.29, 0.717) is 0 Å². The Morgan fingerprint density at radius 1 is 1.30 bits per heavy atom. The molecule has 10 heavy (non-hydrogen) atoms. The van der Waals surface area contributed by atoms with E-state index in [1.807, 2.05) is 0 Å². The van der Waals surface area contributed by atoms with Gasteiger partial charge >= 0.3 is 0 Å². The third kappa shape index (κ3) is 0.948. The van der Waals surface area contributed by atoms with E-state index < -0.39 is 0 Å². The van der Waals surface area contributed by atoms with Crippen LogP contribution in [0.4, 0.5) is 0 Å². The summed E-state index contributed by atoms with van der Waals surface area (Å²) in [5.74, 6) is 0. The van der Waals surface area contributed by atoms with Gasteiger partial charge in [-0.3, -0.25) is 10.6 Å². The third-order valence-electron chi connectivity index (χ3n) is 1.97. The highest BCUT2D eigenvalue weighted by Crippen LogP contribution is 2.18. The molecule has 0 spiro atoms. The summed E-state index contributed by atoms with van der Waals surface area (Å²) in [7, 11) is 0. The van der Waals surface area contributed by atoms with Crippen LogP contribution in [-0.4, -0.2) is 13.2 Å². The van der Waals surface area contributed by atoms with Crippen LogP contribution in [0.1, 0.15) is 12.8 Å². The van der Waals surface area contributed by atoms with Crippen molar-refractivity contribution < 1.29 is 0 Å². The van der Waals surface area contributed by atoms with Crippen LogP contribution in [0, 0.1) is 0 Å². The Morgan fingerprint density at radius 3 is 3.10 bits per heavy atom. The first-order chi connectivity index (χ1) is 4.97. The molecule has 1 heterocycles. The van der Waals surface area contributed by atoms with Gasteiger partial charge in [0.2, 0.25) is 0 Å². The molecule has 1 aliphatic carbocycles. The fraction of sp³-hybridized carbons (Fsp3) is 0.500. The quantitative estimate of drug-likeness (QED) is 0.487. The zero-order valence-corrected chi connectivity index (χ0v) is 5.93. The number of nitrogens with one attached hydrogen (secondary N) is 1. The number of nitrogens with zero attached hydrogens (tertiary/aromatic N) is 1. The van der Waals surface area contributed by atoms with E-state index in [-0.39, 0.29) is 0 Å². The topological polar surface area (TPSA) is 26.1 Å². The van der Waals surface area contributed by atoms with E-state index >= 15 is 0 Å². The first-order valence-corrected chi connectivity index (χ1v) is 3.71. The standard InChI is InChI=1S/C8H11N2/c1-2-4-8-7(3-1)5-9-6-10-8/h1-2,9H,3-6H2. The van der Waals surface area contributed by atoms with Crippen LogP contribution in [0.25, 0.3) is 0 Å². The van der Waals surface area contributed by atoms with Crippen molar-refractivity contribution in [1.82, 2.24) is 10.6 Å². The largest absolute Gasteiger partial charge is 0.294 e. The van der Waals surface area contributed by atoms with Crippen molar-refractivity contribution in [2.24, 2.45) is 0 Å². The fourth-order valence-electron chi connectivity index (χ4n) is 1.39. The number of rotatable bonds is 0. The van der Waals surface area contributed by atoms with E-state index in [4.69, 9.17) is 0 Å². The lowest BCUT2D eigenvalue weighted by Crippen LogP contribution is -2.32. The van der Waals surface area contributed by atoms with E-state index in [1.165, 1.54) is 11.3 Å². The molecule has 0 aromatic heterocycles. The zero-order valence-electron chi connectivity index (χ0n) is 5.93. The highest BCUT2D eigenvalue weighted by atomic mass is 15.1. The molecule has 1 aliphatic heterocycles. The molecular formula is C8H11N2. The molecule has 0 unspecified atom stereocenters. The number of allylic oxidation sites excluding steroid dienone is 2. The van der Waals surface area contributed by atoms with Crippen LogP contribution >= 0.6 is 0 Å². The molecule has 0 aromatic carbocycles. The predicted octanol–water partition coefficient (Wildman–Crippen LogP) is 0.756. The maximum absolute atomic E-state index is 4.37. The molecular weight excluding hydrogens is 124 g/mol. The summed E-state index contributed by atoms with van der Waals surface area (Å²) in [5.41, 5.74) is 2.80. The zero-order chi connectivity index (χ0) is 6.81. The van der Waals surface area contributed by atoms with E-state index in [0.717, 1.165) is 26.1 Å². The molecule has 0 atom stereocenters. The van der Waals surface area contributed by atoms with Gasteiger partial charge in [-0.25, -0.2) is 0 Å². The first-order valence-electron chi connectivity index (χ1n) is 3.71. The van der Waals surface area contributed by atoms with Gasteiger partial charge in [0.05, 0.1) is 6.67 Å². The Hall–Kier alpha value is -0.760. The molecule has 0 fully saturated rings. The molecule has 1 radical (unpaired) electrons. The summed E-state index contributed by atoms with van der Waals surface area (Å²) >= 11 is 0. The van der Waals surface area contributed by atoms with Crippen LogP contribution in [0.5, 0.6) is 0 Å². The second-order valence-corrected chi connectivity index (χ2v) is 2.67. The first kappa shape index (κ1) is 5.98. The van der Waals surface area contributed by atoms with Gasteiger partial charge in [0.1, 0.15) is 0 Å². The van der Waals surface area contributed by atoms with Crippen molar-refractivity contribution >= 4 is 0 Å². The van der Waals surface area contributed by atoms with Crippen LogP contribution in [0.2, 0.25) is 0 Å². The van der Waals surface area contributed by atoms with Gasteiger partial charge < -0.3 is 0 Å². The molecule has 1 N–H and O–H groups in total. The van der Waals surface area contributed by atoms with Gasteiger partial charge in [0.15, 0.2) is 0 Å². The Bertz CT molecular complexity index is 171. The van der Waals surface area contributed by atoms with Crippen molar-refractivity contribution in [3.8, 4) is 0 Å². The lowest BCUT2D eigenvalue weighted by Gasteiger charge is -2.21. The predicted molar refractivity (Wildman–Crippen MR) is 40.4 cm³/mol. The lowest BCUT2D eigenvalue weighted by atomic mass is 10.0. The third-order valence-corrected chi connectivity index (χ3v) is 1.97. The van der Waals surface area contributed by atoms with Crippen molar-refractivity contribution in [3.63, 3.8) is 0 Å². The van der Waals surface area contributed by atoms with Crippen molar-refractivity contribution in [3.05, 3.63) is 23.4 Å². The molecule has 53 valence electrons. The van der Waals surface area contributed by atoms with Gasteiger partial charge in [-0.2, -0.15) is 0 Å². The van der Waals surface area contributed by atoms with Crippen LogP contribution < -0.4 is 10.6 Å². The summed E-state index contributed by atoms with van der Waals surface area (Å²) in [6.45, 7) is 1.86. The van der Waals surface area contributed by atoms with Crippen LogP contribution in [-0.2, 0) is 0 Å². The summed E-state index contributed by atoms with van der Waals surface area (Å²) in [6.07, 6.45) is 6.58. The highest BCUT2D eigenvalue weighted by molar-refractivity contribution is 5.25. The smallest absolute Gasteiger partial charge is 0.0890 e. The average Bonchev–Trinajstić information content (AvgIpc) is 2.05. The minimum absolute atomic E-state index is 0.812. The Balaban J connectivity index is 2.17. The Labute approximate surface area is 61.0 Å². The Morgan fingerprint density at radius 2 is 2.20 bits per heavy atom. The molecule has 0 saturated carbocycles. The normalized spacial score (nSPS) is 24.0. The second-order valence-electron chi connectivity index (χ2n) is 2.67. The molecule has 2 aliphatic rings. The molecule has 2 heteroatoms. The summed E-state index contributed by atoms with van der Waals surface area (Å²) in [4.78, 5) is 0. The van der Waals surface area contributed by atoms with Gasteiger partial charge in [-0.05, 0) is 12.0 Å². The summed E-state index contributed by atoms with van der Waals surface area (Å²) < 4.78 is 0.